The Balaban J connectivity index is 2.52. The smallest absolute Gasteiger partial charge is 0.0294 e. The lowest BCUT2D eigenvalue weighted by Crippen LogP contribution is -2.33. The molecular formula is C14H23N. The summed E-state index contributed by atoms with van der Waals surface area (Å²) in [5.74, 6) is 0.733. The van der Waals surface area contributed by atoms with Crippen molar-refractivity contribution in [3.05, 3.63) is 35.9 Å². The lowest BCUT2D eigenvalue weighted by atomic mass is 9.99. The van der Waals surface area contributed by atoms with Crippen molar-refractivity contribution < 1.29 is 0 Å². The molecule has 0 unspecified atom stereocenters. The van der Waals surface area contributed by atoms with Crippen LogP contribution in [0.5, 0.6) is 0 Å². The van der Waals surface area contributed by atoms with Crippen LogP contribution >= 0.6 is 0 Å². The molecule has 0 aliphatic carbocycles. The fraction of sp³-hybridized carbons (Fsp3) is 0.571. The van der Waals surface area contributed by atoms with Gasteiger partial charge >= 0.3 is 0 Å². The molecule has 1 heteroatoms. The van der Waals surface area contributed by atoms with E-state index in [4.69, 9.17) is 0 Å². The molecule has 1 N–H and O–H groups in total. The van der Waals surface area contributed by atoms with Crippen molar-refractivity contribution in [2.45, 2.75) is 46.2 Å². The summed E-state index contributed by atoms with van der Waals surface area (Å²) < 4.78 is 0. The second-order valence-electron chi connectivity index (χ2n) is 4.47. The maximum Gasteiger partial charge on any atom is 0.0294 e. The van der Waals surface area contributed by atoms with Crippen LogP contribution in [0.15, 0.2) is 30.3 Å². The van der Waals surface area contributed by atoms with E-state index in [0.717, 1.165) is 5.92 Å². The Morgan fingerprint density at radius 1 is 1.07 bits per heavy atom. The normalized spacial score (nSPS) is 17.1. The van der Waals surface area contributed by atoms with Gasteiger partial charge in [0.2, 0.25) is 0 Å². The summed E-state index contributed by atoms with van der Waals surface area (Å²) in [5.41, 5.74) is 1.37. The predicted molar refractivity (Wildman–Crippen MR) is 66.9 cm³/mol. The molecule has 1 nitrogen and oxygen atoms in total. The molecule has 0 radical (unpaired) electrons. The molecule has 0 fully saturated rings. The van der Waals surface area contributed by atoms with Crippen LogP contribution in [0.25, 0.3) is 0 Å². The van der Waals surface area contributed by atoms with Gasteiger partial charge < -0.3 is 5.32 Å². The molecule has 0 bridgehead atoms. The summed E-state index contributed by atoms with van der Waals surface area (Å²) in [6.45, 7) is 9.05. The minimum Gasteiger partial charge on any atom is -0.307 e. The standard InChI is InChI=1S/C14H23N/c1-5-11(2)12(3)15-13(4)14-9-7-6-8-10-14/h6-13,15H,5H2,1-4H3/t11-,12-,13+/m1/s1. The van der Waals surface area contributed by atoms with Crippen molar-refractivity contribution in [1.82, 2.24) is 5.32 Å². The van der Waals surface area contributed by atoms with Crippen molar-refractivity contribution in [3.63, 3.8) is 0 Å². The van der Waals surface area contributed by atoms with Gasteiger partial charge in [0, 0.05) is 12.1 Å². The van der Waals surface area contributed by atoms with Gasteiger partial charge in [0.15, 0.2) is 0 Å². The molecular weight excluding hydrogens is 182 g/mol. The topological polar surface area (TPSA) is 12.0 Å². The third-order valence-electron chi connectivity index (χ3n) is 3.31. The van der Waals surface area contributed by atoms with E-state index in [0.29, 0.717) is 12.1 Å². The fourth-order valence-electron chi connectivity index (χ4n) is 1.75. The van der Waals surface area contributed by atoms with Gasteiger partial charge in [0.05, 0.1) is 0 Å². The Morgan fingerprint density at radius 2 is 1.67 bits per heavy atom. The maximum absolute atomic E-state index is 3.65. The zero-order valence-electron chi connectivity index (χ0n) is 10.3. The van der Waals surface area contributed by atoms with Gasteiger partial charge in [-0.25, -0.2) is 0 Å². The molecule has 1 aromatic carbocycles. The summed E-state index contributed by atoms with van der Waals surface area (Å²) in [4.78, 5) is 0. The van der Waals surface area contributed by atoms with Crippen LogP contribution in [0, 0.1) is 5.92 Å². The summed E-state index contributed by atoms with van der Waals surface area (Å²) in [6, 6.07) is 11.6. The summed E-state index contributed by atoms with van der Waals surface area (Å²) in [6.07, 6.45) is 1.23. The highest BCUT2D eigenvalue weighted by atomic mass is 14.9. The highest BCUT2D eigenvalue weighted by Crippen LogP contribution is 2.15. The van der Waals surface area contributed by atoms with Gasteiger partial charge in [-0.15, -0.1) is 0 Å². The molecule has 1 rings (SSSR count). The molecule has 1 aromatic rings. The lowest BCUT2D eigenvalue weighted by Gasteiger charge is -2.24. The molecule has 0 aliphatic heterocycles. The Bertz CT molecular complexity index is 268. The Hall–Kier alpha value is -0.820. The van der Waals surface area contributed by atoms with Gasteiger partial charge in [-0.3, -0.25) is 0 Å². The van der Waals surface area contributed by atoms with Crippen LogP contribution in [-0.2, 0) is 0 Å². The van der Waals surface area contributed by atoms with Crippen LogP contribution in [0.1, 0.15) is 45.7 Å². The summed E-state index contributed by atoms with van der Waals surface area (Å²) >= 11 is 0. The number of benzene rings is 1. The van der Waals surface area contributed by atoms with Crippen molar-refractivity contribution in [2.75, 3.05) is 0 Å². The van der Waals surface area contributed by atoms with Crippen LogP contribution in [0.2, 0.25) is 0 Å². The van der Waals surface area contributed by atoms with E-state index in [1.165, 1.54) is 12.0 Å². The first-order valence-electron chi connectivity index (χ1n) is 5.96. The monoisotopic (exact) mass is 205 g/mol. The number of nitrogens with one attached hydrogen (secondary N) is 1. The summed E-state index contributed by atoms with van der Waals surface area (Å²) in [7, 11) is 0. The second kappa shape index (κ2) is 5.92. The molecule has 0 heterocycles. The van der Waals surface area contributed by atoms with E-state index in [-0.39, 0.29) is 0 Å². The molecule has 0 saturated heterocycles. The van der Waals surface area contributed by atoms with Crippen LogP contribution < -0.4 is 5.32 Å². The van der Waals surface area contributed by atoms with Gasteiger partial charge in [-0.05, 0) is 25.3 Å². The lowest BCUT2D eigenvalue weighted by molar-refractivity contribution is 0.360. The molecule has 84 valence electrons. The second-order valence-corrected chi connectivity index (χ2v) is 4.47. The molecule has 3 atom stereocenters. The van der Waals surface area contributed by atoms with E-state index < -0.39 is 0 Å². The molecule has 0 spiro atoms. The van der Waals surface area contributed by atoms with Gasteiger partial charge in [0.1, 0.15) is 0 Å². The first-order valence-corrected chi connectivity index (χ1v) is 5.96. The SMILES string of the molecule is CC[C@@H](C)[C@@H](C)N[C@@H](C)c1ccccc1. The average molecular weight is 205 g/mol. The predicted octanol–water partition coefficient (Wildman–Crippen LogP) is 3.77. The Labute approximate surface area is 93.9 Å². The third kappa shape index (κ3) is 3.67. The first-order chi connectivity index (χ1) is 7.15. The first kappa shape index (κ1) is 12.3. The van der Waals surface area contributed by atoms with Gasteiger partial charge in [0.25, 0.3) is 0 Å². The average Bonchev–Trinajstić information content (AvgIpc) is 2.29. The summed E-state index contributed by atoms with van der Waals surface area (Å²) in [5, 5.41) is 3.65. The fourth-order valence-corrected chi connectivity index (χ4v) is 1.75. The Morgan fingerprint density at radius 3 is 2.20 bits per heavy atom. The molecule has 0 amide bonds. The molecule has 15 heavy (non-hydrogen) atoms. The van der Waals surface area contributed by atoms with Crippen molar-refractivity contribution >= 4 is 0 Å². The number of rotatable bonds is 5. The zero-order valence-corrected chi connectivity index (χ0v) is 10.3. The van der Waals surface area contributed by atoms with Gasteiger partial charge in [-0.1, -0.05) is 50.6 Å². The quantitative estimate of drug-likeness (QED) is 0.771. The van der Waals surface area contributed by atoms with Crippen LogP contribution in [0.4, 0.5) is 0 Å². The van der Waals surface area contributed by atoms with Crippen LogP contribution in [0.3, 0.4) is 0 Å². The minimum atomic E-state index is 0.440. The highest BCUT2D eigenvalue weighted by molar-refractivity contribution is 5.18. The van der Waals surface area contributed by atoms with E-state index in [1.54, 1.807) is 0 Å². The van der Waals surface area contributed by atoms with Gasteiger partial charge in [-0.2, -0.15) is 0 Å². The highest BCUT2D eigenvalue weighted by Gasteiger charge is 2.13. The number of hydrogen-bond donors (Lipinski definition) is 1. The van der Waals surface area contributed by atoms with Crippen molar-refractivity contribution in [3.8, 4) is 0 Å². The minimum absolute atomic E-state index is 0.440. The largest absolute Gasteiger partial charge is 0.307 e. The maximum atomic E-state index is 3.65. The molecule has 0 saturated carbocycles. The van der Waals surface area contributed by atoms with Crippen molar-refractivity contribution in [1.29, 1.82) is 0 Å². The van der Waals surface area contributed by atoms with E-state index in [2.05, 4.69) is 63.3 Å². The molecule has 0 aromatic heterocycles. The molecule has 0 aliphatic rings. The number of hydrogen-bond acceptors (Lipinski definition) is 1. The Kier molecular flexibility index (Phi) is 4.83. The van der Waals surface area contributed by atoms with E-state index in [1.807, 2.05) is 0 Å². The van der Waals surface area contributed by atoms with Crippen LogP contribution in [-0.4, -0.2) is 6.04 Å². The van der Waals surface area contributed by atoms with E-state index >= 15 is 0 Å². The van der Waals surface area contributed by atoms with E-state index in [9.17, 15) is 0 Å². The van der Waals surface area contributed by atoms with Crippen molar-refractivity contribution in [2.24, 2.45) is 5.92 Å². The zero-order chi connectivity index (χ0) is 11.3. The third-order valence-corrected chi connectivity index (χ3v) is 3.31.